The van der Waals surface area contributed by atoms with E-state index < -0.39 is 21.6 Å². The van der Waals surface area contributed by atoms with Gasteiger partial charge in [0.25, 0.3) is 0 Å². The van der Waals surface area contributed by atoms with Crippen molar-refractivity contribution in [2.24, 2.45) is 0 Å². The van der Waals surface area contributed by atoms with E-state index in [1.807, 2.05) is 0 Å². The molecule has 1 unspecified atom stereocenters. The van der Waals surface area contributed by atoms with Gasteiger partial charge >= 0.3 is 0 Å². The maximum atomic E-state index is 12.6. The minimum Gasteiger partial charge on any atom is -0.378 e. The number of sulfonamides is 1. The van der Waals surface area contributed by atoms with Gasteiger partial charge in [-0.25, -0.2) is 13.1 Å². The van der Waals surface area contributed by atoms with E-state index in [9.17, 15) is 13.2 Å². The van der Waals surface area contributed by atoms with Crippen LogP contribution in [0.1, 0.15) is 26.3 Å². The number of nitrogens with one attached hydrogen (secondary N) is 3. The summed E-state index contributed by atoms with van der Waals surface area (Å²) in [5.74, 6) is -0.245. The molecule has 1 amide bonds. The van der Waals surface area contributed by atoms with E-state index in [1.54, 1.807) is 39.8 Å². The number of amides is 1. The van der Waals surface area contributed by atoms with Crippen LogP contribution in [0.25, 0.3) is 0 Å². The lowest BCUT2D eigenvalue weighted by Crippen LogP contribution is -2.48. The molecule has 0 radical (unpaired) electrons. The molecule has 1 saturated heterocycles. The van der Waals surface area contributed by atoms with Crippen LogP contribution in [0.5, 0.6) is 0 Å². The van der Waals surface area contributed by atoms with Crippen LogP contribution in [-0.4, -0.2) is 45.7 Å². The summed E-state index contributed by atoms with van der Waals surface area (Å²) >= 11 is 0. The van der Waals surface area contributed by atoms with Gasteiger partial charge in [-0.2, -0.15) is 0 Å². The number of carbonyl (C=O) groups is 1. The lowest BCUT2D eigenvalue weighted by Gasteiger charge is -2.23. The zero-order valence-electron chi connectivity index (χ0n) is 14.5. The second kappa shape index (κ2) is 7.18. The van der Waals surface area contributed by atoms with Crippen LogP contribution in [0.15, 0.2) is 23.1 Å². The number of rotatable bonds is 4. The summed E-state index contributed by atoms with van der Waals surface area (Å²) in [5.41, 5.74) is 0.463. The van der Waals surface area contributed by atoms with E-state index in [2.05, 4.69) is 15.4 Å². The molecule has 0 saturated carbocycles. The van der Waals surface area contributed by atoms with Crippen LogP contribution < -0.4 is 15.4 Å². The first kappa shape index (κ1) is 18.9. The second-order valence-corrected chi connectivity index (χ2v) is 8.56. The van der Waals surface area contributed by atoms with Crippen molar-refractivity contribution in [1.29, 1.82) is 0 Å². The highest BCUT2D eigenvalue weighted by atomic mass is 32.2. The van der Waals surface area contributed by atoms with Crippen LogP contribution in [0.4, 0.5) is 5.69 Å². The van der Waals surface area contributed by atoms with Crippen LogP contribution in [0.3, 0.4) is 0 Å². The van der Waals surface area contributed by atoms with E-state index in [0.29, 0.717) is 31.0 Å². The highest BCUT2D eigenvalue weighted by Gasteiger charge is 2.25. The van der Waals surface area contributed by atoms with Crippen molar-refractivity contribution < 1.29 is 17.9 Å². The summed E-state index contributed by atoms with van der Waals surface area (Å²) < 4.78 is 33.0. The number of benzene rings is 1. The second-order valence-electron chi connectivity index (χ2n) is 6.91. The van der Waals surface area contributed by atoms with Gasteiger partial charge in [0.05, 0.1) is 18.1 Å². The molecule has 1 heterocycles. The van der Waals surface area contributed by atoms with Gasteiger partial charge in [0.2, 0.25) is 15.9 Å². The molecule has 1 fully saturated rings. The Kier molecular flexibility index (Phi) is 5.64. The van der Waals surface area contributed by atoms with Gasteiger partial charge in [0.15, 0.2) is 0 Å². The third-order valence-corrected chi connectivity index (χ3v) is 5.32. The van der Waals surface area contributed by atoms with E-state index in [-0.39, 0.29) is 10.8 Å². The Hall–Kier alpha value is -1.48. The summed E-state index contributed by atoms with van der Waals surface area (Å²) in [5, 5.41) is 5.80. The van der Waals surface area contributed by atoms with Crippen molar-refractivity contribution in [3.63, 3.8) is 0 Å². The summed E-state index contributed by atoms with van der Waals surface area (Å²) in [6.07, 6.45) is 0. The zero-order chi connectivity index (χ0) is 18.0. The van der Waals surface area contributed by atoms with Crippen LogP contribution in [0.2, 0.25) is 0 Å². The minimum atomic E-state index is -3.67. The molecule has 1 aromatic rings. The molecule has 1 atom stereocenters. The molecule has 2 rings (SSSR count). The number of carbonyl (C=O) groups excluding carboxylic acids is 1. The number of ether oxygens (including phenoxy) is 1. The topological polar surface area (TPSA) is 96.5 Å². The van der Waals surface area contributed by atoms with Gasteiger partial charge in [-0.3, -0.25) is 4.79 Å². The van der Waals surface area contributed by atoms with E-state index in [0.717, 1.165) is 0 Å². The van der Waals surface area contributed by atoms with Gasteiger partial charge in [0.1, 0.15) is 6.04 Å². The lowest BCUT2D eigenvalue weighted by molar-refractivity contribution is -0.120. The normalized spacial score (nSPS) is 19.1. The average Bonchev–Trinajstić information content (AvgIpc) is 2.47. The standard InChI is InChI=1S/C16H25N3O4S/c1-11-5-6-12(18-15(20)13-10-23-8-7-17-13)9-14(11)24(21,22)19-16(2,3)4/h5-6,9,13,17,19H,7-8,10H2,1-4H3,(H,18,20). The lowest BCUT2D eigenvalue weighted by atomic mass is 10.1. The first-order valence-corrected chi connectivity index (χ1v) is 9.33. The van der Waals surface area contributed by atoms with Crippen LogP contribution in [0, 0.1) is 6.92 Å². The van der Waals surface area contributed by atoms with Crippen molar-refractivity contribution in [2.45, 2.75) is 44.2 Å². The zero-order valence-corrected chi connectivity index (χ0v) is 15.3. The quantitative estimate of drug-likeness (QED) is 0.749. The molecule has 7 nitrogen and oxygen atoms in total. The van der Waals surface area contributed by atoms with Crippen molar-refractivity contribution in [2.75, 3.05) is 25.1 Å². The van der Waals surface area contributed by atoms with Gasteiger partial charge in [-0.05, 0) is 45.4 Å². The number of anilines is 1. The number of hydrogen-bond donors (Lipinski definition) is 3. The van der Waals surface area contributed by atoms with Crippen molar-refractivity contribution in [1.82, 2.24) is 10.0 Å². The first-order valence-electron chi connectivity index (χ1n) is 7.85. The highest BCUT2D eigenvalue weighted by molar-refractivity contribution is 7.89. The van der Waals surface area contributed by atoms with E-state index in [1.165, 1.54) is 6.07 Å². The maximum Gasteiger partial charge on any atom is 0.243 e. The Bertz CT molecular complexity index is 705. The summed E-state index contributed by atoms with van der Waals surface area (Å²) in [7, 11) is -3.67. The molecule has 3 N–H and O–H groups in total. The monoisotopic (exact) mass is 355 g/mol. The molecule has 1 aromatic carbocycles. The molecule has 8 heteroatoms. The molecule has 134 valence electrons. The third kappa shape index (κ3) is 5.01. The number of morpholine rings is 1. The third-order valence-electron chi connectivity index (χ3n) is 3.42. The number of hydrogen-bond acceptors (Lipinski definition) is 5. The molecule has 1 aliphatic heterocycles. The Labute approximate surface area is 143 Å². The summed E-state index contributed by atoms with van der Waals surface area (Å²) in [6, 6.07) is 4.41. The summed E-state index contributed by atoms with van der Waals surface area (Å²) in [6.45, 7) is 8.55. The molecule has 24 heavy (non-hydrogen) atoms. The predicted molar refractivity (Wildman–Crippen MR) is 92.5 cm³/mol. The molecule has 0 aliphatic carbocycles. The van der Waals surface area contributed by atoms with Crippen LogP contribution in [-0.2, 0) is 19.6 Å². The smallest absolute Gasteiger partial charge is 0.243 e. The average molecular weight is 355 g/mol. The molecular formula is C16H25N3O4S. The fourth-order valence-electron chi connectivity index (χ4n) is 2.39. The van der Waals surface area contributed by atoms with Crippen molar-refractivity contribution in [3.8, 4) is 0 Å². The summed E-state index contributed by atoms with van der Waals surface area (Å²) in [4.78, 5) is 12.4. The predicted octanol–water partition coefficient (Wildman–Crippen LogP) is 0.999. The molecular weight excluding hydrogens is 330 g/mol. The fraction of sp³-hybridized carbons (Fsp3) is 0.562. The van der Waals surface area contributed by atoms with Crippen LogP contribution >= 0.6 is 0 Å². The highest BCUT2D eigenvalue weighted by Crippen LogP contribution is 2.22. The van der Waals surface area contributed by atoms with Gasteiger partial charge < -0.3 is 15.4 Å². The SMILES string of the molecule is Cc1ccc(NC(=O)C2COCCN2)cc1S(=O)(=O)NC(C)(C)C. The minimum absolute atomic E-state index is 0.156. The Morgan fingerprint density at radius 2 is 2.04 bits per heavy atom. The fourth-order valence-corrected chi connectivity index (χ4v) is 4.08. The maximum absolute atomic E-state index is 12.6. The Balaban J connectivity index is 2.20. The van der Waals surface area contributed by atoms with E-state index >= 15 is 0 Å². The van der Waals surface area contributed by atoms with Crippen molar-refractivity contribution >= 4 is 21.6 Å². The Morgan fingerprint density at radius 3 is 2.62 bits per heavy atom. The molecule has 0 aromatic heterocycles. The first-order chi connectivity index (χ1) is 11.1. The van der Waals surface area contributed by atoms with E-state index in [4.69, 9.17) is 4.74 Å². The molecule has 0 bridgehead atoms. The molecule has 1 aliphatic rings. The van der Waals surface area contributed by atoms with Gasteiger partial charge in [-0.1, -0.05) is 6.07 Å². The Morgan fingerprint density at radius 1 is 1.33 bits per heavy atom. The van der Waals surface area contributed by atoms with Gasteiger partial charge in [-0.15, -0.1) is 0 Å². The van der Waals surface area contributed by atoms with Gasteiger partial charge in [0, 0.05) is 17.8 Å². The number of aryl methyl sites for hydroxylation is 1. The molecule has 0 spiro atoms. The van der Waals surface area contributed by atoms with Crippen molar-refractivity contribution in [3.05, 3.63) is 23.8 Å². The largest absolute Gasteiger partial charge is 0.378 e.